The number of urea groups is 1. The minimum atomic E-state index is -3.36. The number of amides is 2. The van der Waals surface area contributed by atoms with Crippen molar-refractivity contribution in [2.24, 2.45) is 0 Å². The molecule has 0 bridgehead atoms. The van der Waals surface area contributed by atoms with Gasteiger partial charge in [0, 0.05) is 11.6 Å². The molecule has 1 saturated heterocycles. The van der Waals surface area contributed by atoms with Crippen molar-refractivity contribution in [1.82, 2.24) is 10.2 Å². The van der Waals surface area contributed by atoms with E-state index in [9.17, 15) is 13.2 Å². The Hall–Kier alpha value is -1.89. The number of amidine groups is 1. The second-order valence-corrected chi connectivity index (χ2v) is 7.77. The summed E-state index contributed by atoms with van der Waals surface area (Å²) in [5, 5.41) is 10.8. The number of benzene rings is 1. The van der Waals surface area contributed by atoms with Crippen molar-refractivity contribution in [3.05, 3.63) is 29.8 Å². The predicted molar refractivity (Wildman–Crippen MR) is 78.0 cm³/mol. The molecule has 0 aromatic heterocycles. The van der Waals surface area contributed by atoms with Gasteiger partial charge in [0.15, 0.2) is 9.84 Å². The van der Waals surface area contributed by atoms with Crippen molar-refractivity contribution in [2.45, 2.75) is 36.7 Å². The first-order valence-corrected chi connectivity index (χ1v) is 8.47. The molecule has 0 aliphatic carbocycles. The standard InChI is InChI=1S/C14H17N3O3S/c1-9(2)17-13(18)16-12(15)14(17)7-8-21(19,20)11-6-4-3-5-10(11)14/h3-6,9H,7-8H2,1-2H3,(H2,15,16,18). The quantitative estimate of drug-likeness (QED) is 0.823. The minimum absolute atomic E-state index is 0.0588. The Morgan fingerprint density at radius 3 is 2.67 bits per heavy atom. The topological polar surface area (TPSA) is 90.3 Å². The monoisotopic (exact) mass is 307 g/mol. The number of fused-ring (bicyclic) bond motifs is 2. The Morgan fingerprint density at radius 2 is 2.00 bits per heavy atom. The van der Waals surface area contributed by atoms with Crippen LogP contribution in [-0.2, 0) is 15.4 Å². The molecule has 21 heavy (non-hydrogen) atoms. The number of rotatable bonds is 1. The lowest BCUT2D eigenvalue weighted by atomic mass is 9.84. The molecule has 0 saturated carbocycles. The number of sulfone groups is 1. The van der Waals surface area contributed by atoms with E-state index in [1.54, 1.807) is 29.2 Å². The van der Waals surface area contributed by atoms with E-state index in [-0.39, 0.29) is 35.0 Å². The second-order valence-electron chi connectivity index (χ2n) is 5.69. The number of hydrogen-bond donors (Lipinski definition) is 2. The molecule has 1 atom stereocenters. The highest BCUT2D eigenvalue weighted by atomic mass is 32.2. The van der Waals surface area contributed by atoms with Crippen LogP contribution in [0.25, 0.3) is 0 Å². The molecule has 1 aromatic rings. The average Bonchev–Trinajstić information content (AvgIpc) is 2.67. The zero-order valence-corrected chi connectivity index (χ0v) is 12.7. The van der Waals surface area contributed by atoms with Crippen LogP contribution in [0.5, 0.6) is 0 Å². The minimum Gasteiger partial charge on any atom is -0.305 e. The van der Waals surface area contributed by atoms with Gasteiger partial charge in [-0.1, -0.05) is 18.2 Å². The predicted octanol–water partition coefficient (Wildman–Crippen LogP) is 1.47. The van der Waals surface area contributed by atoms with Gasteiger partial charge < -0.3 is 4.90 Å². The molecule has 112 valence electrons. The van der Waals surface area contributed by atoms with E-state index in [1.807, 2.05) is 13.8 Å². The molecule has 0 radical (unpaired) electrons. The molecule has 2 aliphatic heterocycles. The number of nitrogens with one attached hydrogen (secondary N) is 2. The maximum absolute atomic E-state index is 12.3. The molecule has 2 N–H and O–H groups in total. The lowest BCUT2D eigenvalue weighted by Crippen LogP contribution is -2.53. The summed E-state index contributed by atoms with van der Waals surface area (Å²) in [6, 6.07) is 6.20. The zero-order chi connectivity index (χ0) is 15.4. The van der Waals surface area contributed by atoms with Crippen LogP contribution in [0.3, 0.4) is 0 Å². The maximum atomic E-state index is 12.3. The SMILES string of the molecule is CC(C)N1C(=O)NC(=N)C12CCS(=O)(=O)c1ccccc12. The summed E-state index contributed by atoms with van der Waals surface area (Å²) in [5.74, 6) is -0.00606. The molecule has 1 unspecified atom stereocenters. The third-order valence-corrected chi connectivity index (χ3v) is 5.96. The fourth-order valence-corrected chi connectivity index (χ4v) is 5.00. The van der Waals surface area contributed by atoms with Crippen molar-refractivity contribution in [3.63, 3.8) is 0 Å². The van der Waals surface area contributed by atoms with Crippen LogP contribution in [-0.4, -0.2) is 37.0 Å². The fraction of sp³-hybridized carbons (Fsp3) is 0.429. The van der Waals surface area contributed by atoms with Gasteiger partial charge in [-0.05, 0) is 26.3 Å². The van der Waals surface area contributed by atoms with Crippen LogP contribution in [0.1, 0.15) is 25.8 Å². The molecule has 6 nitrogen and oxygen atoms in total. The molecule has 7 heteroatoms. The van der Waals surface area contributed by atoms with E-state index < -0.39 is 15.4 Å². The molecule has 1 aromatic carbocycles. The first-order chi connectivity index (χ1) is 9.80. The van der Waals surface area contributed by atoms with Crippen molar-refractivity contribution in [3.8, 4) is 0 Å². The van der Waals surface area contributed by atoms with Gasteiger partial charge >= 0.3 is 6.03 Å². The summed E-state index contributed by atoms with van der Waals surface area (Å²) in [6.07, 6.45) is 0.210. The number of carbonyl (C=O) groups is 1. The molecule has 3 rings (SSSR count). The highest BCUT2D eigenvalue weighted by Crippen LogP contribution is 2.44. The Balaban J connectivity index is 2.32. The van der Waals surface area contributed by atoms with Crippen LogP contribution in [0.4, 0.5) is 4.79 Å². The van der Waals surface area contributed by atoms with Crippen LogP contribution in [0.2, 0.25) is 0 Å². The van der Waals surface area contributed by atoms with Gasteiger partial charge in [0.1, 0.15) is 11.4 Å². The smallest absolute Gasteiger partial charge is 0.305 e. The summed E-state index contributed by atoms with van der Waals surface area (Å²) in [6.45, 7) is 3.73. The van der Waals surface area contributed by atoms with Crippen molar-refractivity contribution in [1.29, 1.82) is 5.41 Å². The van der Waals surface area contributed by atoms with Crippen molar-refractivity contribution < 1.29 is 13.2 Å². The number of hydrogen-bond acceptors (Lipinski definition) is 4. The highest BCUT2D eigenvalue weighted by molar-refractivity contribution is 7.91. The summed E-state index contributed by atoms with van der Waals surface area (Å²) in [5.41, 5.74) is -0.471. The maximum Gasteiger partial charge on any atom is 0.324 e. The van der Waals surface area contributed by atoms with Crippen LogP contribution in [0.15, 0.2) is 29.2 Å². The Kier molecular flexibility index (Phi) is 2.88. The third kappa shape index (κ3) is 1.73. The Bertz CT molecular complexity index is 742. The lowest BCUT2D eigenvalue weighted by molar-refractivity contribution is 0.143. The van der Waals surface area contributed by atoms with Crippen LogP contribution >= 0.6 is 0 Å². The summed E-state index contributed by atoms with van der Waals surface area (Å²) < 4.78 is 24.6. The summed E-state index contributed by atoms with van der Waals surface area (Å²) >= 11 is 0. The molecule has 1 fully saturated rings. The largest absolute Gasteiger partial charge is 0.324 e. The Labute approximate surface area is 123 Å². The van der Waals surface area contributed by atoms with E-state index in [1.165, 1.54) is 0 Å². The van der Waals surface area contributed by atoms with E-state index in [0.29, 0.717) is 5.56 Å². The fourth-order valence-electron chi connectivity index (χ4n) is 3.36. The van der Waals surface area contributed by atoms with Gasteiger partial charge in [-0.3, -0.25) is 10.7 Å². The highest BCUT2D eigenvalue weighted by Gasteiger charge is 2.56. The summed E-state index contributed by atoms with van der Waals surface area (Å²) in [4.78, 5) is 14.0. The normalized spacial score (nSPS) is 27.1. The van der Waals surface area contributed by atoms with Crippen LogP contribution in [0, 0.1) is 5.41 Å². The molecule has 2 aliphatic rings. The third-order valence-electron chi connectivity index (χ3n) is 4.19. The molecule has 2 amide bonds. The second kappa shape index (κ2) is 4.30. The van der Waals surface area contributed by atoms with E-state index >= 15 is 0 Å². The first kappa shape index (κ1) is 14.1. The Morgan fingerprint density at radius 1 is 1.33 bits per heavy atom. The molecular weight excluding hydrogens is 290 g/mol. The van der Waals surface area contributed by atoms with Gasteiger partial charge in [-0.15, -0.1) is 0 Å². The van der Waals surface area contributed by atoms with Crippen LogP contribution < -0.4 is 5.32 Å². The van der Waals surface area contributed by atoms with E-state index in [0.717, 1.165) is 0 Å². The zero-order valence-electron chi connectivity index (χ0n) is 11.9. The number of carbonyl (C=O) groups excluding carboxylic acids is 1. The van der Waals surface area contributed by atoms with E-state index in [2.05, 4.69) is 5.32 Å². The van der Waals surface area contributed by atoms with E-state index in [4.69, 9.17) is 5.41 Å². The van der Waals surface area contributed by atoms with Gasteiger partial charge in [0.2, 0.25) is 0 Å². The van der Waals surface area contributed by atoms with Crippen molar-refractivity contribution >= 4 is 21.7 Å². The molecule has 1 spiro atoms. The number of nitrogens with zero attached hydrogens (tertiary/aromatic N) is 1. The molecule has 2 heterocycles. The average molecular weight is 307 g/mol. The first-order valence-electron chi connectivity index (χ1n) is 6.82. The molecular formula is C14H17N3O3S. The van der Waals surface area contributed by atoms with Gasteiger partial charge in [-0.2, -0.15) is 0 Å². The van der Waals surface area contributed by atoms with Gasteiger partial charge in [0.25, 0.3) is 0 Å². The summed E-state index contributed by atoms with van der Waals surface area (Å²) in [7, 11) is -3.36. The lowest BCUT2D eigenvalue weighted by Gasteiger charge is -2.42. The van der Waals surface area contributed by atoms with Gasteiger partial charge in [0.05, 0.1) is 10.6 Å². The van der Waals surface area contributed by atoms with Gasteiger partial charge in [-0.25, -0.2) is 13.2 Å². The van der Waals surface area contributed by atoms with Crippen molar-refractivity contribution in [2.75, 3.05) is 5.75 Å².